The second-order valence-corrected chi connectivity index (χ2v) is 3.55. The predicted molar refractivity (Wildman–Crippen MR) is 40.0 cm³/mol. The second kappa shape index (κ2) is 2.21. The lowest BCUT2D eigenvalue weighted by Gasteiger charge is -2.52. The van der Waals surface area contributed by atoms with Crippen molar-refractivity contribution in [2.45, 2.75) is 24.8 Å². The fourth-order valence-corrected chi connectivity index (χ4v) is 1.99. The summed E-state index contributed by atoms with van der Waals surface area (Å²) in [4.78, 5) is 2.44. The van der Waals surface area contributed by atoms with Crippen LogP contribution >= 0.6 is 0 Å². The normalized spacial score (nSPS) is 41.7. The highest BCUT2D eigenvalue weighted by molar-refractivity contribution is 4.99. The average Bonchev–Trinajstić information content (AvgIpc) is 2.04. The number of ether oxygens (including phenoxy) is 1. The fraction of sp³-hybridized carbons (Fsp3) is 1.00. The lowest BCUT2D eigenvalue weighted by molar-refractivity contribution is -0.0951. The first kappa shape index (κ1) is 6.62. The van der Waals surface area contributed by atoms with E-state index in [2.05, 4.69) is 11.9 Å². The number of hydrogen-bond acceptors (Lipinski definition) is 2. The molecule has 0 amide bonds. The molecular weight excluding hydrogens is 126 g/mol. The Labute approximate surface area is 62.2 Å². The molecule has 0 unspecified atom stereocenters. The molecule has 2 nitrogen and oxygen atoms in total. The first-order valence-electron chi connectivity index (χ1n) is 4.13. The van der Waals surface area contributed by atoms with Crippen molar-refractivity contribution in [3.05, 3.63) is 0 Å². The minimum Gasteiger partial charge on any atom is -0.380 e. The molecule has 2 aliphatic heterocycles. The largest absolute Gasteiger partial charge is 0.380 e. The Morgan fingerprint density at radius 2 is 2.30 bits per heavy atom. The van der Waals surface area contributed by atoms with E-state index >= 15 is 0 Å². The van der Waals surface area contributed by atoms with Crippen molar-refractivity contribution in [2.75, 3.05) is 26.8 Å². The van der Waals surface area contributed by atoms with Gasteiger partial charge in [-0.3, -0.25) is 4.90 Å². The zero-order valence-electron chi connectivity index (χ0n) is 6.60. The number of nitrogens with zero attached hydrogens (tertiary/aromatic N) is 1. The SMILES string of the molecule is CN1CC[C@]12CCCOC2. The molecule has 0 aliphatic carbocycles. The third-order valence-corrected chi connectivity index (χ3v) is 3.02. The molecule has 0 bridgehead atoms. The highest BCUT2D eigenvalue weighted by atomic mass is 16.5. The highest BCUT2D eigenvalue weighted by Crippen LogP contribution is 2.35. The molecular formula is C8H15NO. The zero-order chi connectivity index (χ0) is 7.03. The van der Waals surface area contributed by atoms with Gasteiger partial charge in [-0.15, -0.1) is 0 Å². The molecule has 0 radical (unpaired) electrons. The van der Waals surface area contributed by atoms with Gasteiger partial charge < -0.3 is 4.74 Å². The van der Waals surface area contributed by atoms with Gasteiger partial charge in [-0.2, -0.15) is 0 Å². The van der Waals surface area contributed by atoms with E-state index in [-0.39, 0.29) is 0 Å². The van der Waals surface area contributed by atoms with Crippen LogP contribution in [0.2, 0.25) is 0 Å². The van der Waals surface area contributed by atoms with Crippen LogP contribution in [0, 0.1) is 0 Å². The number of hydrogen-bond donors (Lipinski definition) is 0. The molecule has 0 N–H and O–H groups in total. The van der Waals surface area contributed by atoms with Crippen LogP contribution in [-0.2, 0) is 4.74 Å². The monoisotopic (exact) mass is 141 g/mol. The van der Waals surface area contributed by atoms with E-state index < -0.39 is 0 Å². The van der Waals surface area contributed by atoms with Gasteiger partial charge in [0.05, 0.1) is 6.61 Å². The second-order valence-electron chi connectivity index (χ2n) is 3.55. The van der Waals surface area contributed by atoms with Crippen LogP contribution in [0.15, 0.2) is 0 Å². The van der Waals surface area contributed by atoms with E-state index in [1.807, 2.05) is 0 Å². The Balaban J connectivity index is 1.99. The maximum absolute atomic E-state index is 5.46. The van der Waals surface area contributed by atoms with Crippen molar-refractivity contribution in [1.82, 2.24) is 4.90 Å². The highest BCUT2D eigenvalue weighted by Gasteiger charge is 2.43. The molecule has 2 rings (SSSR count). The third kappa shape index (κ3) is 0.789. The van der Waals surface area contributed by atoms with Crippen LogP contribution in [-0.4, -0.2) is 37.2 Å². The van der Waals surface area contributed by atoms with Crippen molar-refractivity contribution in [3.63, 3.8) is 0 Å². The average molecular weight is 141 g/mol. The molecule has 0 saturated carbocycles. The molecule has 0 aromatic rings. The molecule has 2 aliphatic rings. The van der Waals surface area contributed by atoms with Crippen molar-refractivity contribution in [1.29, 1.82) is 0 Å². The van der Waals surface area contributed by atoms with Gasteiger partial charge in [-0.1, -0.05) is 0 Å². The van der Waals surface area contributed by atoms with E-state index in [9.17, 15) is 0 Å². The molecule has 1 atom stereocenters. The summed E-state index contributed by atoms with van der Waals surface area (Å²) in [6.07, 6.45) is 3.96. The third-order valence-electron chi connectivity index (χ3n) is 3.02. The first-order chi connectivity index (χ1) is 4.83. The molecule has 0 aromatic carbocycles. The van der Waals surface area contributed by atoms with Crippen LogP contribution in [0.4, 0.5) is 0 Å². The lowest BCUT2D eigenvalue weighted by atomic mass is 9.81. The first-order valence-corrected chi connectivity index (χ1v) is 4.13. The Morgan fingerprint density at radius 1 is 1.40 bits per heavy atom. The van der Waals surface area contributed by atoms with Crippen LogP contribution in [0.1, 0.15) is 19.3 Å². The maximum Gasteiger partial charge on any atom is 0.0650 e. The van der Waals surface area contributed by atoms with E-state index in [0.717, 1.165) is 13.2 Å². The summed E-state index contributed by atoms with van der Waals surface area (Å²) in [5.74, 6) is 0. The summed E-state index contributed by atoms with van der Waals surface area (Å²) in [6, 6.07) is 0. The molecule has 2 heterocycles. The summed E-state index contributed by atoms with van der Waals surface area (Å²) < 4.78 is 5.46. The molecule has 10 heavy (non-hydrogen) atoms. The van der Waals surface area contributed by atoms with Gasteiger partial charge >= 0.3 is 0 Å². The summed E-state index contributed by atoms with van der Waals surface area (Å²) in [7, 11) is 2.21. The number of rotatable bonds is 0. The van der Waals surface area contributed by atoms with Crippen molar-refractivity contribution < 1.29 is 4.74 Å². The van der Waals surface area contributed by atoms with Crippen LogP contribution in [0.25, 0.3) is 0 Å². The summed E-state index contributed by atoms with van der Waals surface area (Å²) >= 11 is 0. The van der Waals surface area contributed by atoms with Crippen molar-refractivity contribution in [3.8, 4) is 0 Å². The van der Waals surface area contributed by atoms with Gasteiger partial charge in [0.1, 0.15) is 0 Å². The van der Waals surface area contributed by atoms with E-state index in [4.69, 9.17) is 4.74 Å². The summed E-state index contributed by atoms with van der Waals surface area (Å²) in [5, 5.41) is 0. The van der Waals surface area contributed by atoms with Crippen LogP contribution in [0.3, 0.4) is 0 Å². The van der Waals surface area contributed by atoms with Gasteiger partial charge in [0, 0.05) is 18.7 Å². The van der Waals surface area contributed by atoms with Gasteiger partial charge in [0.2, 0.25) is 0 Å². The predicted octanol–water partition coefficient (Wildman–Crippen LogP) is 0.871. The Morgan fingerprint density at radius 3 is 2.60 bits per heavy atom. The van der Waals surface area contributed by atoms with Crippen LogP contribution in [0.5, 0.6) is 0 Å². The Bertz CT molecular complexity index is 129. The minimum absolute atomic E-state index is 0.470. The quantitative estimate of drug-likeness (QED) is 0.496. The van der Waals surface area contributed by atoms with E-state index in [0.29, 0.717) is 5.54 Å². The summed E-state index contributed by atoms with van der Waals surface area (Å²) in [5.41, 5.74) is 0.470. The van der Waals surface area contributed by atoms with E-state index in [1.54, 1.807) is 0 Å². The minimum atomic E-state index is 0.470. The summed E-state index contributed by atoms with van der Waals surface area (Å²) in [6.45, 7) is 3.22. The number of likely N-dealkylation sites (N-methyl/N-ethyl adjacent to an activating group) is 1. The fourth-order valence-electron chi connectivity index (χ4n) is 1.99. The lowest BCUT2D eigenvalue weighted by Crippen LogP contribution is -2.61. The van der Waals surface area contributed by atoms with Crippen LogP contribution < -0.4 is 0 Å². The zero-order valence-corrected chi connectivity index (χ0v) is 6.60. The molecule has 2 heteroatoms. The Hall–Kier alpha value is -0.0800. The van der Waals surface area contributed by atoms with E-state index in [1.165, 1.54) is 25.8 Å². The van der Waals surface area contributed by atoms with Crippen molar-refractivity contribution in [2.24, 2.45) is 0 Å². The molecule has 1 spiro atoms. The van der Waals surface area contributed by atoms with Gasteiger partial charge in [0.15, 0.2) is 0 Å². The van der Waals surface area contributed by atoms with Gasteiger partial charge in [-0.05, 0) is 26.3 Å². The van der Waals surface area contributed by atoms with Gasteiger partial charge in [-0.25, -0.2) is 0 Å². The molecule has 58 valence electrons. The number of likely N-dealkylation sites (tertiary alicyclic amines) is 1. The smallest absolute Gasteiger partial charge is 0.0650 e. The maximum atomic E-state index is 5.46. The standard InChI is InChI=1S/C8H15NO/c1-9-5-4-8(9)3-2-6-10-7-8/h2-7H2,1H3/t8-/m0/s1. The molecule has 2 fully saturated rings. The molecule has 2 saturated heterocycles. The Kier molecular flexibility index (Phi) is 1.46. The van der Waals surface area contributed by atoms with Crippen molar-refractivity contribution >= 4 is 0 Å². The van der Waals surface area contributed by atoms with Gasteiger partial charge in [0.25, 0.3) is 0 Å². The topological polar surface area (TPSA) is 12.5 Å². The molecule has 0 aromatic heterocycles.